The molecule has 0 spiro atoms. The van der Waals surface area contributed by atoms with Gasteiger partial charge in [-0.1, -0.05) is 35.8 Å². The van der Waals surface area contributed by atoms with Gasteiger partial charge in [-0.2, -0.15) is 0 Å². The number of amides is 1. The van der Waals surface area contributed by atoms with E-state index in [4.69, 9.17) is 5.73 Å². The Labute approximate surface area is 117 Å². The molecule has 1 rings (SSSR count). The van der Waals surface area contributed by atoms with Crippen molar-refractivity contribution in [3.05, 3.63) is 28.2 Å². The van der Waals surface area contributed by atoms with Crippen LogP contribution in [0.2, 0.25) is 0 Å². The van der Waals surface area contributed by atoms with Gasteiger partial charge in [0.2, 0.25) is 5.91 Å². The van der Waals surface area contributed by atoms with Gasteiger partial charge in [0.25, 0.3) is 0 Å². The molecule has 4 heteroatoms. The maximum atomic E-state index is 12.1. The molecule has 1 aromatic carbocycles. The van der Waals surface area contributed by atoms with Crippen LogP contribution < -0.4 is 11.1 Å². The highest BCUT2D eigenvalue weighted by Gasteiger charge is 2.18. The van der Waals surface area contributed by atoms with E-state index in [-0.39, 0.29) is 11.8 Å². The number of carbonyl (C=O) groups is 1. The summed E-state index contributed by atoms with van der Waals surface area (Å²) in [4.78, 5) is 12.1. The predicted molar refractivity (Wildman–Crippen MR) is 79.5 cm³/mol. The second-order valence-electron chi connectivity index (χ2n) is 4.96. The summed E-state index contributed by atoms with van der Waals surface area (Å²) in [5.74, 6) is 0.351. The van der Waals surface area contributed by atoms with Gasteiger partial charge in [0, 0.05) is 16.7 Å². The molecule has 0 radical (unpaired) electrons. The zero-order valence-corrected chi connectivity index (χ0v) is 12.8. The largest absolute Gasteiger partial charge is 0.330 e. The Morgan fingerprint density at radius 3 is 2.67 bits per heavy atom. The topological polar surface area (TPSA) is 55.1 Å². The molecule has 1 aromatic rings. The van der Waals surface area contributed by atoms with Crippen molar-refractivity contribution in [1.82, 2.24) is 0 Å². The molecule has 0 bridgehead atoms. The standard InChI is InChI=1S/C14H21BrN2O/c1-9(2)7-11(8-16)14(18)17-13-6-4-5-12(15)10(13)3/h4-6,9,11H,7-8,16H2,1-3H3,(H,17,18). The smallest absolute Gasteiger partial charge is 0.228 e. The Morgan fingerprint density at radius 2 is 2.11 bits per heavy atom. The van der Waals surface area contributed by atoms with Gasteiger partial charge in [0.1, 0.15) is 0 Å². The molecule has 1 unspecified atom stereocenters. The summed E-state index contributed by atoms with van der Waals surface area (Å²) in [5, 5.41) is 2.96. The Bertz CT molecular complexity index is 418. The Balaban J connectivity index is 2.77. The van der Waals surface area contributed by atoms with Gasteiger partial charge in [-0.15, -0.1) is 0 Å². The van der Waals surface area contributed by atoms with Crippen molar-refractivity contribution in [2.24, 2.45) is 17.6 Å². The third-order valence-corrected chi connectivity index (χ3v) is 3.80. The number of nitrogens with one attached hydrogen (secondary N) is 1. The van der Waals surface area contributed by atoms with Crippen molar-refractivity contribution in [3.63, 3.8) is 0 Å². The van der Waals surface area contributed by atoms with E-state index in [1.165, 1.54) is 0 Å². The maximum absolute atomic E-state index is 12.1. The number of rotatable bonds is 5. The van der Waals surface area contributed by atoms with Crippen LogP contribution in [-0.2, 0) is 4.79 Å². The van der Waals surface area contributed by atoms with E-state index < -0.39 is 0 Å². The zero-order chi connectivity index (χ0) is 13.7. The van der Waals surface area contributed by atoms with Crippen LogP contribution in [0.5, 0.6) is 0 Å². The summed E-state index contributed by atoms with van der Waals surface area (Å²) in [6, 6.07) is 5.77. The molecule has 3 nitrogen and oxygen atoms in total. The minimum atomic E-state index is -0.122. The average Bonchev–Trinajstić information content (AvgIpc) is 2.31. The normalized spacial score (nSPS) is 12.6. The number of halogens is 1. The molecule has 0 aliphatic rings. The number of anilines is 1. The molecule has 18 heavy (non-hydrogen) atoms. The van der Waals surface area contributed by atoms with Crippen molar-refractivity contribution in [2.45, 2.75) is 27.2 Å². The molecule has 0 aliphatic carbocycles. The minimum absolute atomic E-state index is 0.00685. The molecule has 0 aliphatic heterocycles. The number of nitrogens with two attached hydrogens (primary N) is 1. The molecule has 0 aromatic heterocycles. The first kappa shape index (κ1) is 15.2. The lowest BCUT2D eigenvalue weighted by Crippen LogP contribution is -2.30. The molecular weight excluding hydrogens is 292 g/mol. The van der Waals surface area contributed by atoms with Gasteiger partial charge in [-0.05, 0) is 37.0 Å². The highest BCUT2D eigenvalue weighted by Crippen LogP contribution is 2.24. The van der Waals surface area contributed by atoms with Crippen molar-refractivity contribution < 1.29 is 4.79 Å². The lowest BCUT2D eigenvalue weighted by atomic mass is 9.96. The Kier molecular flexibility index (Phi) is 5.82. The highest BCUT2D eigenvalue weighted by molar-refractivity contribution is 9.10. The SMILES string of the molecule is Cc1c(Br)cccc1NC(=O)C(CN)CC(C)C. The molecule has 0 fully saturated rings. The van der Waals surface area contributed by atoms with Gasteiger partial charge in [0.05, 0.1) is 5.92 Å². The molecule has 100 valence electrons. The number of hydrogen-bond donors (Lipinski definition) is 2. The molecule has 3 N–H and O–H groups in total. The first-order valence-electron chi connectivity index (χ1n) is 6.21. The van der Waals surface area contributed by atoms with E-state index >= 15 is 0 Å². The third-order valence-electron chi connectivity index (χ3n) is 2.94. The molecule has 0 saturated heterocycles. The highest BCUT2D eigenvalue weighted by atomic mass is 79.9. The fraction of sp³-hybridized carbons (Fsp3) is 0.500. The summed E-state index contributed by atoms with van der Waals surface area (Å²) in [7, 11) is 0. The Morgan fingerprint density at radius 1 is 1.44 bits per heavy atom. The van der Waals surface area contributed by atoms with E-state index in [2.05, 4.69) is 35.1 Å². The van der Waals surface area contributed by atoms with E-state index in [1.807, 2.05) is 25.1 Å². The molecule has 0 heterocycles. The van der Waals surface area contributed by atoms with Crippen molar-refractivity contribution >= 4 is 27.5 Å². The number of carbonyl (C=O) groups excluding carboxylic acids is 1. The van der Waals surface area contributed by atoms with Crippen LogP contribution in [0.3, 0.4) is 0 Å². The average molecular weight is 313 g/mol. The van der Waals surface area contributed by atoms with Gasteiger partial charge in [-0.3, -0.25) is 4.79 Å². The minimum Gasteiger partial charge on any atom is -0.330 e. The fourth-order valence-electron chi connectivity index (χ4n) is 1.86. The van der Waals surface area contributed by atoms with Crippen LogP contribution in [0.1, 0.15) is 25.8 Å². The van der Waals surface area contributed by atoms with Gasteiger partial charge < -0.3 is 11.1 Å². The number of benzene rings is 1. The summed E-state index contributed by atoms with van der Waals surface area (Å²) < 4.78 is 0.994. The summed E-state index contributed by atoms with van der Waals surface area (Å²) in [5.41, 5.74) is 7.55. The fourth-order valence-corrected chi connectivity index (χ4v) is 2.22. The van der Waals surface area contributed by atoms with Crippen LogP contribution in [0.25, 0.3) is 0 Å². The first-order chi connectivity index (χ1) is 8.45. The first-order valence-corrected chi connectivity index (χ1v) is 7.01. The summed E-state index contributed by atoms with van der Waals surface area (Å²) >= 11 is 3.45. The van der Waals surface area contributed by atoms with Crippen LogP contribution in [0, 0.1) is 18.8 Å². The Hall–Kier alpha value is -0.870. The van der Waals surface area contributed by atoms with Crippen molar-refractivity contribution in [1.29, 1.82) is 0 Å². The second kappa shape index (κ2) is 6.90. The zero-order valence-electron chi connectivity index (χ0n) is 11.2. The van der Waals surface area contributed by atoms with E-state index in [0.29, 0.717) is 12.5 Å². The molecular formula is C14H21BrN2O. The van der Waals surface area contributed by atoms with Gasteiger partial charge >= 0.3 is 0 Å². The lowest BCUT2D eigenvalue weighted by Gasteiger charge is -2.18. The third kappa shape index (κ3) is 4.10. The monoisotopic (exact) mass is 312 g/mol. The lowest BCUT2D eigenvalue weighted by molar-refractivity contribution is -0.120. The van der Waals surface area contributed by atoms with Crippen LogP contribution in [-0.4, -0.2) is 12.5 Å². The van der Waals surface area contributed by atoms with E-state index in [9.17, 15) is 4.79 Å². The van der Waals surface area contributed by atoms with Crippen LogP contribution in [0.4, 0.5) is 5.69 Å². The number of hydrogen-bond acceptors (Lipinski definition) is 2. The van der Waals surface area contributed by atoms with Crippen molar-refractivity contribution in [3.8, 4) is 0 Å². The molecule has 1 amide bonds. The van der Waals surface area contributed by atoms with Crippen LogP contribution >= 0.6 is 15.9 Å². The quantitative estimate of drug-likeness (QED) is 0.876. The van der Waals surface area contributed by atoms with Gasteiger partial charge in [-0.25, -0.2) is 0 Å². The molecule has 1 atom stereocenters. The molecule has 0 saturated carbocycles. The van der Waals surface area contributed by atoms with E-state index in [0.717, 1.165) is 22.1 Å². The summed E-state index contributed by atoms with van der Waals surface area (Å²) in [6.45, 7) is 6.55. The van der Waals surface area contributed by atoms with Gasteiger partial charge in [0.15, 0.2) is 0 Å². The van der Waals surface area contributed by atoms with Crippen LogP contribution in [0.15, 0.2) is 22.7 Å². The van der Waals surface area contributed by atoms with Crippen molar-refractivity contribution in [2.75, 3.05) is 11.9 Å². The van der Waals surface area contributed by atoms with E-state index in [1.54, 1.807) is 0 Å². The predicted octanol–water partition coefficient (Wildman–Crippen LogP) is 3.32. The second-order valence-corrected chi connectivity index (χ2v) is 5.82. The maximum Gasteiger partial charge on any atom is 0.228 e. The summed E-state index contributed by atoms with van der Waals surface area (Å²) in [6.07, 6.45) is 0.815.